The van der Waals surface area contributed by atoms with Crippen LogP contribution >= 0.6 is 0 Å². The maximum atomic E-state index is 12.4. The molecule has 1 atom stereocenters. The van der Waals surface area contributed by atoms with E-state index in [4.69, 9.17) is 9.47 Å². The number of carbonyl (C=O) groups is 2. The molecule has 1 aromatic carbocycles. The van der Waals surface area contributed by atoms with E-state index in [-0.39, 0.29) is 24.4 Å². The zero-order chi connectivity index (χ0) is 20.6. The minimum atomic E-state index is -0.212. The summed E-state index contributed by atoms with van der Waals surface area (Å²) in [5, 5.41) is 5.83. The number of ether oxygens (including phenoxy) is 2. The van der Waals surface area contributed by atoms with Crippen molar-refractivity contribution >= 4 is 17.6 Å². The molecule has 0 bridgehead atoms. The molecule has 0 spiro atoms. The van der Waals surface area contributed by atoms with Gasteiger partial charge in [-0.15, -0.1) is 0 Å². The molecule has 0 radical (unpaired) electrons. The average molecular weight is 405 g/mol. The van der Waals surface area contributed by atoms with Crippen molar-refractivity contribution < 1.29 is 19.1 Å². The molecule has 160 valence electrons. The van der Waals surface area contributed by atoms with Gasteiger partial charge in [0.05, 0.1) is 20.3 Å². The van der Waals surface area contributed by atoms with Crippen LogP contribution in [0.1, 0.15) is 32.1 Å². The van der Waals surface area contributed by atoms with Crippen LogP contribution in [-0.2, 0) is 4.79 Å². The highest BCUT2D eigenvalue weighted by atomic mass is 16.5. The van der Waals surface area contributed by atoms with Crippen LogP contribution in [0.4, 0.5) is 10.5 Å². The summed E-state index contributed by atoms with van der Waals surface area (Å²) in [6.07, 6.45) is 5.11. The van der Waals surface area contributed by atoms with Crippen LogP contribution in [0.15, 0.2) is 18.2 Å². The monoisotopic (exact) mass is 404 g/mol. The van der Waals surface area contributed by atoms with E-state index in [0.29, 0.717) is 24.6 Å². The first-order valence-electron chi connectivity index (χ1n) is 10.4. The number of nitrogens with one attached hydrogen (secondary N) is 2. The number of likely N-dealkylation sites (tertiary alicyclic amines) is 1. The van der Waals surface area contributed by atoms with E-state index in [2.05, 4.69) is 15.5 Å². The summed E-state index contributed by atoms with van der Waals surface area (Å²) in [6.45, 7) is 4.44. The Hall–Kier alpha value is -2.48. The Morgan fingerprint density at radius 3 is 2.62 bits per heavy atom. The molecule has 1 aromatic rings. The molecule has 0 aromatic heterocycles. The first-order chi connectivity index (χ1) is 14.1. The standard InChI is InChI=1S/C21H32N4O4/c1-28-18-8-7-17(14-19(18)29-2)25-15-16(13-20(25)26)23-21(27)22-9-6-12-24-10-4-3-5-11-24/h7-8,14,16H,3-6,9-13,15H2,1-2H3,(H2,22,23,27)/t16-/m0/s1. The van der Waals surface area contributed by atoms with Gasteiger partial charge in [0.15, 0.2) is 11.5 Å². The van der Waals surface area contributed by atoms with Crippen LogP contribution in [-0.4, -0.2) is 69.8 Å². The minimum Gasteiger partial charge on any atom is -0.493 e. The molecule has 0 aliphatic carbocycles. The van der Waals surface area contributed by atoms with E-state index in [9.17, 15) is 9.59 Å². The lowest BCUT2D eigenvalue weighted by Crippen LogP contribution is -2.44. The van der Waals surface area contributed by atoms with Crippen molar-refractivity contribution in [1.82, 2.24) is 15.5 Å². The molecule has 3 amide bonds. The maximum Gasteiger partial charge on any atom is 0.315 e. The minimum absolute atomic E-state index is 0.0207. The Morgan fingerprint density at radius 1 is 1.14 bits per heavy atom. The Balaban J connectivity index is 1.43. The summed E-state index contributed by atoms with van der Waals surface area (Å²) in [5.41, 5.74) is 0.735. The van der Waals surface area contributed by atoms with Gasteiger partial charge in [0.2, 0.25) is 5.91 Å². The van der Waals surface area contributed by atoms with Crippen molar-refractivity contribution in [1.29, 1.82) is 0 Å². The van der Waals surface area contributed by atoms with E-state index >= 15 is 0 Å². The van der Waals surface area contributed by atoms with Gasteiger partial charge >= 0.3 is 6.03 Å². The van der Waals surface area contributed by atoms with E-state index < -0.39 is 0 Å². The highest BCUT2D eigenvalue weighted by Crippen LogP contribution is 2.33. The highest BCUT2D eigenvalue weighted by Gasteiger charge is 2.32. The van der Waals surface area contributed by atoms with Gasteiger partial charge in [-0.3, -0.25) is 4.79 Å². The second kappa shape index (κ2) is 10.3. The van der Waals surface area contributed by atoms with Crippen molar-refractivity contribution in [3.63, 3.8) is 0 Å². The summed E-state index contributed by atoms with van der Waals surface area (Å²) in [7, 11) is 3.14. The number of benzene rings is 1. The van der Waals surface area contributed by atoms with Gasteiger partial charge in [-0.05, 0) is 51.0 Å². The number of nitrogens with zero attached hydrogens (tertiary/aromatic N) is 2. The predicted octanol–water partition coefficient (Wildman–Crippen LogP) is 1.98. The van der Waals surface area contributed by atoms with Crippen molar-refractivity contribution in [3.8, 4) is 11.5 Å². The quantitative estimate of drug-likeness (QED) is 0.648. The average Bonchev–Trinajstić information content (AvgIpc) is 3.11. The first kappa shape index (κ1) is 21.2. The topological polar surface area (TPSA) is 83.1 Å². The van der Waals surface area contributed by atoms with Gasteiger partial charge in [-0.25, -0.2) is 4.79 Å². The Bertz CT molecular complexity index is 706. The van der Waals surface area contributed by atoms with E-state index in [0.717, 1.165) is 18.7 Å². The van der Waals surface area contributed by atoms with Crippen LogP contribution in [0.3, 0.4) is 0 Å². The molecule has 2 aliphatic rings. The summed E-state index contributed by atoms with van der Waals surface area (Å²) in [5.74, 6) is 1.16. The van der Waals surface area contributed by atoms with Crippen molar-refractivity contribution in [2.24, 2.45) is 0 Å². The molecular formula is C21H32N4O4. The number of methoxy groups -OCH3 is 2. The van der Waals surface area contributed by atoms with Crippen LogP contribution in [0.2, 0.25) is 0 Å². The predicted molar refractivity (Wildman–Crippen MR) is 112 cm³/mol. The fourth-order valence-corrected chi connectivity index (χ4v) is 3.97. The molecule has 2 N–H and O–H groups in total. The highest BCUT2D eigenvalue weighted by molar-refractivity contribution is 5.97. The van der Waals surface area contributed by atoms with Crippen LogP contribution in [0.5, 0.6) is 11.5 Å². The number of rotatable bonds is 8. The third-order valence-electron chi connectivity index (χ3n) is 5.52. The molecule has 8 heteroatoms. The first-order valence-corrected chi connectivity index (χ1v) is 10.4. The number of amides is 3. The summed E-state index contributed by atoms with van der Waals surface area (Å²) >= 11 is 0. The largest absolute Gasteiger partial charge is 0.493 e. The summed E-state index contributed by atoms with van der Waals surface area (Å²) in [6, 6.07) is 4.95. The molecule has 0 saturated carbocycles. The summed E-state index contributed by atoms with van der Waals surface area (Å²) in [4.78, 5) is 28.7. The van der Waals surface area contributed by atoms with E-state index in [1.807, 2.05) is 6.07 Å². The SMILES string of the molecule is COc1ccc(N2C[C@@H](NC(=O)NCCCN3CCCCC3)CC2=O)cc1OC. The Kier molecular flexibility index (Phi) is 7.57. The van der Waals surface area contributed by atoms with Gasteiger partial charge in [0.1, 0.15) is 0 Å². The molecule has 2 fully saturated rings. The second-order valence-electron chi connectivity index (χ2n) is 7.60. The summed E-state index contributed by atoms with van der Waals surface area (Å²) < 4.78 is 10.6. The van der Waals surface area contributed by atoms with Crippen LogP contribution in [0, 0.1) is 0 Å². The van der Waals surface area contributed by atoms with Crippen LogP contribution < -0.4 is 25.0 Å². The smallest absolute Gasteiger partial charge is 0.315 e. The van der Waals surface area contributed by atoms with Gasteiger partial charge in [-0.2, -0.15) is 0 Å². The lowest BCUT2D eigenvalue weighted by atomic mass is 10.1. The molecule has 29 heavy (non-hydrogen) atoms. The normalized spacial score (nSPS) is 19.9. The van der Waals surface area contributed by atoms with Gasteiger partial charge in [0, 0.05) is 31.3 Å². The molecule has 3 rings (SSSR count). The number of carbonyl (C=O) groups excluding carboxylic acids is 2. The van der Waals surface area contributed by atoms with Crippen molar-refractivity contribution in [3.05, 3.63) is 18.2 Å². The lowest BCUT2D eigenvalue weighted by Gasteiger charge is -2.26. The molecule has 2 aliphatic heterocycles. The molecule has 2 heterocycles. The third-order valence-corrected chi connectivity index (χ3v) is 5.52. The third kappa shape index (κ3) is 5.76. The van der Waals surface area contributed by atoms with Gasteiger partial charge in [0.25, 0.3) is 0 Å². The van der Waals surface area contributed by atoms with E-state index in [1.165, 1.54) is 32.4 Å². The van der Waals surface area contributed by atoms with Crippen LogP contribution in [0.25, 0.3) is 0 Å². The second-order valence-corrected chi connectivity index (χ2v) is 7.60. The van der Waals surface area contributed by atoms with Crippen molar-refractivity contribution in [2.45, 2.75) is 38.1 Å². The maximum absolute atomic E-state index is 12.4. The number of hydrogen-bond donors (Lipinski definition) is 2. The van der Waals surface area contributed by atoms with Crippen molar-refractivity contribution in [2.75, 3.05) is 51.8 Å². The fraction of sp³-hybridized carbons (Fsp3) is 0.619. The number of hydrogen-bond acceptors (Lipinski definition) is 5. The molecule has 2 saturated heterocycles. The van der Waals surface area contributed by atoms with Gasteiger partial charge < -0.3 is 29.9 Å². The zero-order valence-electron chi connectivity index (χ0n) is 17.4. The Morgan fingerprint density at radius 2 is 1.90 bits per heavy atom. The fourth-order valence-electron chi connectivity index (χ4n) is 3.97. The molecular weight excluding hydrogens is 372 g/mol. The number of urea groups is 1. The molecule has 0 unspecified atom stereocenters. The zero-order valence-corrected chi connectivity index (χ0v) is 17.4. The van der Waals surface area contributed by atoms with E-state index in [1.54, 1.807) is 31.3 Å². The number of anilines is 1. The molecule has 8 nitrogen and oxygen atoms in total. The van der Waals surface area contributed by atoms with Gasteiger partial charge in [-0.1, -0.05) is 6.42 Å². The Labute approximate surface area is 172 Å². The lowest BCUT2D eigenvalue weighted by molar-refractivity contribution is -0.117. The number of piperidine rings is 1.